The van der Waals surface area contributed by atoms with E-state index >= 15 is 0 Å². The Morgan fingerprint density at radius 1 is 1.53 bits per heavy atom. The van der Waals surface area contributed by atoms with Gasteiger partial charge in [-0.25, -0.2) is 4.39 Å². The third-order valence-corrected chi connectivity index (χ3v) is 2.86. The lowest BCUT2D eigenvalue weighted by Gasteiger charge is -2.12. The van der Waals surface area contributed by atoms with Crippen molar-refractivity contribution >= 4 is 5.91 Å². The van der Waals surface area contributed by atoms with E-state index in [0.29, 0.717) is 6.42 Å². The topological polar surface area (TPSA) is 29.1 Å². The molecule has 2 nitrogen and oxygen atoms in total. The number of halogens is 1. The Kier molecular flexibility index (Phi) is 2.71. The van der Waals surface area contributed by atoms with Crippen LogP contribution in [0.4, 0.5) is 4.39 Å². The largest absolute Gasteiger partial charge is 0.353 e. The first-order valence-corrected chi connectivity index (χ1v) is 5.19. The number of nitrogens with one attached hydrogen (secondary N) is 1. The lowest BCUT2D eigenvalue weighted by molar-refractivity contribution is -0.119. The standard InChI is InChI=1S/C12H14FNO/c1-8-2-3-10(13)6-9(8)7-11-4-5-12(15)14-11/h2-3,6,11H,4-5,7H2,1H3,(H,14,15). The van der Waals surface area contributed by atoms with E-state index in [-0.39, 0.29) is 17.8 Å². The van der Waals surface area contributed by atoms with Crippen LogP contribution >= 0.6 is 0 Å². The molecule has 1 aromatic carbocycles. The minimum atomic E-state index is -0.208. The maximum absolute atomic E-state index is 13.0. The van der Waals surface area contributed by atoms with Crippen molar-refractivity contribution in [2.45, 2.75) is 32.2 Å². The van der Waals surface area contributed by atoms with E-state index in [4.69, 9.17) is 0 Å². The predicted molar refractivity (Wildman–Crippen MR) is 56.0 cm³/mol. The Morgan fingerprint density at radius 2 is 2.33 bits per heavy atom. The van der Waals surface area contributed by atoms with Crippen molar-refractivity contribution in [1.29, 1.82) is 0 Å². The van der Waals surface area contributed by atoms with Gasteiger partial charge in [0.05, 0.1) is 0 Å². The molecule has 0 aliphatic carbocycles. The van der Waals surface area contributed by atoms with Crippen LogP contribution in [-0.2, 0) is 11.2 Å². The number of carbonyl (C=O) groups is 1. The summed E-state index contributed by atoms with van der Waals surface area (Å²) in [5, 5.41) is 2.89. The Labute approximate surface area is 88.5 Å². The van der Waals surface area contributed by atoms with E-state index in [1.165, 1.54) is 6.07 Å². The average Bonchev–Trinajstić information content (AvgIpc) is 2.58. The van der Waals surface area contributed by atoms with E-state index < -0.39 is 0 Å². The fourth-order valence-electron chi connectivity index (χ4n) is 1.96. The molecule has 3 heteroatoms. The minimum Gasteiger partial charge on any atom is -0.353 e. The quantitative estimate of drug-likeness (QED) is 0.789. The summed E-state index contributed by atoms with van der Waals surface area (Å²) in [7, 11) is 0. The van der Waals surface area contributed by atoms with E-state index in [9.17, 15) is 9.18 Å². The second kappa shape index (κ2) is 4.01. The van der Waals surface area contributed by atoms with Gasteiger partial charge >= 0.3 is 0 Å². The zero-order valence-electron chi connectivity index (χ0n) is 8.72. The van der Waals surface area contributed by atoms with Crippen LogP contribution < -0.4 is 5.32 Å². The maximum Gasteiger partial charge on any atom is 0.220 e. The van der Waals surface area contributed by atoms with Crippen molar-refractivity contribution in [3.05, 3.63) is 35.1 Å². The van der Waals surface area contributed by atoms with Gasteiger partial charge in [-0.3, -0.25) is 4.79 Å². The van der Waals surface area contributed by atoms with Crippen molar-refractivity contribution in [3.63, 3.8) is 0 Å². The smallest absolute Gasteiger partial charge is 0.220 e. The molecule has 1 aromatic rings. The fraction of sp³-hybridized carbons (Fsp3) is 0.417. The van der Waals surface area contributed by atoms with Gasteiger partial charge in [-0.15, -0.1) is 0 Å². The third kappa shape index (κ3) is 2.35. The summed E-state index contributed by atoms with van der Waals surface area (Å²) in [5.41, 5.74) is 2.07. The van der Waals surface area contributed by atoms with Crippen LogP contribution in [0.2, 0.25) is 0 Å². The molecule has 15 heavy (non-hydrogen) atoms. The number of carbonyl (C=O) groups excluding carboxylic acids is 1. The zero-order chi connectivity index (χ0) is 10.8. The number of hydrogen-bond acceptors (Lipinski definition) is 1. The first kappa shape index (κ1) is 10.1. The number of benzene rings is 1. The van der Waals surface area contributed by atoms with Gasteiger partial charge in [-0.2, -0.15) is 0 Å². The van der Waals surface area contributed by atoms with Gasteiger partial charge < -0.3 is 5.32 Å². The van der Waals surface area contributed by atoms with Crippen molar-refractivity contribution in [2.24, 2.45) is 0 Å². The van der Waals surface area contributed by atoms with Gasteiger partial charge in [0, 0.05) is 12.5 Å². The summed E-state index contributed by atoms with van der Waals surface area (Å²) >= 11 is 0. The molecule has 0 aromatic heterocycles. The first-order chi connectivity index (χ1) is 7.15. The molecule has 1 heterocycles. The first-order valence-electron chi connectivity index (χ1n) is 5.19. The van der Waals surface area contributed by atoms with Crippen molar-refractivity contribution in [3.8, 4) is 0 Å². The Hall–Kier alpha value is -1.38. The van der Waals surface area contributed by atoms with Gasteiger partial charge in [0.25, 0.3) is 0 Å². The summed E-state index contributed by atoms with van der Waals surface area (Å²) in [6.07, 6.45) is 2.18. The van der Waals surface area contributed by atoms with E-state index in [2.05, 4.69) is 5.32 Å². The normalized spacial score (nSPS) is 20.4. The number of aryl methyl sites for hydroxylation is 1. The van der Waals surface area contributed by atoms with Gasteiger partial charge in [0.1, 0.15) is 5.82 Å². The minimum absolute atomic E-state index is 0.106. The van der Waals surface area contributed by atoms with Crippen LogP contribution in [0.25, 0.3) is 0 Å². The molecule has 1 fully saturated rings. The Balaban J connectivity index is 2.10. The average molecular weight is 207 g/mol. The molecule has 1 amide bonds. The van der Waals surface area contributed by atoms with Gasteiger partial charge in [-0.05, 0) is 43.0 Å². The van der Waals surface area contributed by atoms with Crippen molar-refractivity contribution < 1.29 is 9.18 Å². The van der Waals surface area contributed by atoms with E-state index in [0.717, 1.165) is 24.0 Å². The summed E-state index contributed by atoms with van der Waals surface area (Å²) in [6.45, 7) is 1.96. The molecule has 1 aliphatic heterocycles. The van der Waals surface area contributed by atoms with Crippen molar-refractivity contribution in [2.75, 3.05) is 0 Å². The SMILES string of the molecule is Cc1ccc(F)cc1CC1CCC(=O)N1. The molecule has 0 bridgehead atoms. The third-order valence-electron chi connectivity index (χ3n) is 2.86. The Morgan fingerprint density at radius 3 is 3.00 bits per heavy atom. The molecule has 1 N–H and O–H groups in total. The summed E-state index contributed by atoms with van der Waals surface area (Å²) in [4.78, 5) is 11.0. The van der Waals surface area contributed by atoms with Crippen LogP contribution in [0.5, 0.6) is 0 Å². The second-order valence-electron chi connectivity index (χ2n) is 4.08. The molecule has 0 spiro atoms. The van der Waals surface area contributed by atoms with Gasteiger partial charge in [0.15, 0.2) is 0 Å². The molecule has 1 atom stereocenters. The van der Waals surface area contributed by atoms with Crippen LogP contribution in [0.1, 0.15) is 24.0 Å². The number of hydrogen-bond donors (Lipinski definition) is 1. The molecular weight excluding hydrogens is 193 g/mol. The van der Waals surface area contributed by atoms with Gasteiger partial charge in [0.2, 0.25) is 5.91 Å². The summed E-state index contributed by atoms with van der Waals surface area (Å²) in [6, 6.07) is 4.98. The molecule has 2 rings (SSSR count). The van der Waals surface area contributed by atoms with E-state index in [1.54, 1.807) is 12.1 Å². The van der Waals surface area contributed by atoms with Crippen LogP contribution in [0.3, 0.4) is 0 Å². The number of amides is 1. The van der Waals surface area contributed by atoms with Crippen LogP contribution in [0, 0.1) is 12.7 Å². The lowest BCUT2D eigenvalue weighted by Crippen LogP contribution is -2.27. The number of rotatable bonds is 2. The molecule has 1 unspecified atom stereocenters. The highest BCUT2D eigenvalue weighted by Gasteiger charge is 2.21. The highest BCUT2D eigenvalue weighted by molar-refractivity contribution is 5.78. The predicted octanol–water partition coefficient (Wildman–Crippen LogP) is 1.96. The monoisotopic (exact) mass is 207 g/mol. The summed E-state index contributed by atoms with van der Waals surface area (Å²) < 4.78 is 13.0. The molecule has 1 saturated heterocycles. The van der Waals surface area contributed by atoms with Crippen LogP contribution in [-0.4, -0.2) is 11.9 Å². The second-order valence-corrected chi connectivity index (χ2v) is 4.08. The van der Waals surface area contributed by atoms with E-state index in [1.807, 2.05) is 6.92 Å². The van der Waals surface area contributed by atoms with Crippen LogP contribution in [0.15, 0.2) is 18.2 Å². The lowest BCUT2D eigenvalue weighted by atomic mass is 10.0. The molecule has 0 radical (unpaired) electrons. The molecular formula is C12H14FNO. The maximum atomic E-state index is 13.0. The highest BCUT2D eigenvalue weighted by atomic mass is 19.1. The fourth-order valence-corrected chi connectivity index (χ4v) is 1.96. The molecule has 1 aliphatic rings. The highest BCUT2D eigenvalue weighted by Crippen LogP contribution is 2.17. The molecule has 80 valence electrons. The zero-order valence-corrected chi connectivity index (χ0v) is 8.72. The van der Waals surface area contributed by atoms with Crippen molar-refractivity contribution in [1.82, 2.24) is 5.32 Å². The summed E-state index contributed by atoms with van der Waals surface area (Å²) in [5.74, 6) is -0.103. The van der Waals surface area contributed by atoms with Gasteiger partial charge in [-0.1, -0.05) is 6.07 Å². The Bertz CT molecular complexity index is 389. The molecule has 0 saturated carbocycles.